The normalized spacial score (nSPS) is 8.93. The summed E-state index contributed by atoms with van der Waals surface area (Å²) in [6, 6.07) is 21.8. The standard InChI is InChI=1S/C8H8O3.C8H8O2.C7H6O2/c9-5-6-11-8-3-1-7(10)2-4-8;9-6-7-10-8-4-2-1-3-5-8;8-5-6-3-1-2-4-7(6)9/h1-5,10H,6H2;1-6H,7H2;1-5,9H. The number of hydrogen-bond acceptors (Lipinski definition) is 7. The van der Waals surface area contributed by atoms with Gasteiger partial charge in [0.05, 0.1) is 5.56 Å². The number of para-hydroxylation sites is 2. The Hall–Kier alpha value is -4.13. The number of hydrogen-bond donors (Lipinski definition) is 2. The first-order chi connectivity index (χ1) is 14.6. The molecule has 0 heterocycles. The van der Waals surface area contributed by atoms with Gasteiger partial charge in [0.25, 0.3) is 0 Å². The lowest BCUT2D eigenvalue weighted by Gasteiger charge is -2.00. The highest BCUT2D eigenvalue weighted by Gasteiger charge is 1.93. The van der Waals surface area contributed by atoms with Crippen molar-refractivity contribution in [1.82, 2.24) is 0 Å². The van der Waals surface area contributed by atoms with Gasteiger partial charge in [0.1, 0.15) is 36.2 Å². The molecule has 0 atom stereocenters. The zero-order valence-electron chi connectivity index (χ0n) is 16.1. The van der Waals surface area contributed by atoms with Crippen molar-refractivity contribution in [2.24, 2.45) is 0 Å². The Balaban J connectivity index is 0.000000226. The maximum atomic E-state index is 10.1. The van der Waals surface area contributed by atoms with Gasteiger partial charge in [-0.05, 0) is 48.5 Å². The maximum absolute atomic E-state index is 10.1. The molecule has 0 saturated carbocycles. The molecule has 3 rings (SSSR count). The van der Waals surface area contributed by atoms with Crippen molar-refractivity contribution in [3.8, 4) is 23.0 Å². The minimum atomic E-state index is 0.0347. The van der Waals surface area contributed by atoms with E-state index in [0.29, 0.717) is 23.9 Å². The molecule has 0 spiro atoms. The van der Waals surface area contributed by atoms with E-state index >= 15 is 0 Å². The van der Waals surface area contributed by atoms with Crippen molar-refractivity contribution in [3.05, 3.63) is 84.4 Å². The molecule has 156 valence electrons. The van der Waals surface area contributed by atoms with Crippen LogP contribution in [0.25, 0.3) is 0 Å². The summed E-state index contributed by atoms with van der Waals surface area (Å²) in [5, 5.41) is 17.7. The molecule has 0 saturated heterocycles. The van der Waals surface area contributed by atoms with E-state index < -0.39 is 0 Å². The summed E-state index contributed by atoms with van der Waals surface area (Å²) in [5.74, 6) is 1.53. The molecular formula is C23H22O7. The number of rotatable bonds is 7. The zero-order chi connectivity index (χ0) is 22.0. The second-order valence-electron chi connectivity index (χ2n) is 5.44. The molecule has 3 aromatic carbocycles. The molecule has 0 bridgehead atoms. The number of carbonyl (C=O) groups excluding carboxylic acids is 3. The minimum Gasteiger partial charge on any atom is -0.508 e. The van der Waals surface area contributed by atoms with Gasteiger partial charge in [-0.1, -0.05) is 30.3 Å². The Labute approximate surface area is 174 Å². The molecule has 0 unspecified atom stereocenters. The van der Waals surface area contributed by atoms with Gasteiger partial charge in [-0.25, -0.2) is 0 Å². The van der Waals surface area contributed by atoms with E-state index in [2.05, 4.69) is 0 Å². The van der Waals surface area contributed by atoms with Gasteiger partial charge < -0.3 is 19.7 Å². The fourth-order valence-electron chi connectivity index (χ4n) is 1.91. The van der Waals surface area contributed by atoms with Crippen LogP contribution in [-0.2, 0) is 9.59 Å². The second-order valence-corrected chi connectivity index (χ2v) is 5.44. The van der Waals surface area contributed by atoms with Crippen LogP contribution in [0.15, 0.2) is 78.9 Å². The first kappa shape index (κ1) is 23.9. The molecular weight excluding hydrogens is 388 g/mol. The first-order valence-electron chi connectivity index (χ1n) is 8.80. The van der Waals surface area contributed by atoms with Crippen LogP contribution in [0.2, 0.25) is 0 Å². The fourth-order valence-corrected chi connectivity index (χ4v) is 1.91. The second kappa shape index (κ2) is 14.9. The lowest BCUT2D eigenvalue weighted by atomic mass is 10.2. The number of phenolic OH excluding ortho intramolecular Hbond substituents is 2. The molecule has 30 heavy (non-hydrogen) atoms. The summed E-state index contributed by atoms with van der Waals surface area (Å²) in [7, 11) is 0. The van der Waals surface area contributed by atoms with Gasteiger partial charge in [-0.3, -0.25) is 14.4 Å². The highest BCUT2D eigenvalue weighted by atomic mass is 16.5. The quantitative estimate of drug-likeness (QED) is 0.574. The number of ether oxygens (including phenoxy) is 2. The van der Waals surface area contributed by atoms with Gasteiger partial charge in [0, 0.05) is 0 Å². The van der Waals surface area contributed by atoms with E-state index in [1.165, 1.54) is 18.2 Å². The Kier molecular flexibility index (Phi) is 11.9. The summed E-state index contributed by atoms with van der Waals surface area (Å²) in [4.78, 5) is 29.8. The molecule has 0 aromatic heterocycles. The fraction of sp³-hybridized carbons (Fsp3) is 0.0870. The van der Waals surface area contributed by atoms with Crippen molar-refractivity contribution < 1.29 is 34.1 Å². The first-order valence-corrected chi connectivity index (χ1v) is 8.80. The highest BCUT2D eigenvalue weighted by molar-refractivity contribution is 5.78. The minimum absolute atomic E-state index is 0.0347. The Morgan fingerprint density at radius 1 is 0.633 bits per heavy atom. The third-order valence-electron chi connectivity index (χ3n) is 3.28. The molecule has 2 N–H and O–H groups in total. The van der Waals surface area contributed by atoms with Crippen molar-refractivity contribution in [1.29, 1.82) is 0 Å². The zero-order valence-corrected chi connectivity index (χ0v) is 16.1. The number of aromatic hydroxyl groups is 2. The summed E-state index contributed by atoms with van der Waals surface area (Å²) in [6.07, 6.45) is 2.02. The number of carbonyl (C=O) groups is 3. The number of phenols is 2. The number of benzene rings is 3. The van der Waals surface area contributed by atoms with E-state index in [0.717, 1.165) is 12.0 Å². The SMILES string of the molecule is O=CCOc1ccc(O)cc1.O=CCOc1ccccc1.O=Cc1ccccc1O. The van der Waals surface area contributed by atoms with Gasteiger partial charge in [-0.2, -0.15) is 0 Å². The highest BCUT2D eigenvalue weighted by Crippen LogP contribution is 2.15. The topological polar surface area (TPSA) is 110 Å². The third kappa shape index (κ3) is 10.3. The van der Waals surface area contributed by atoms with Crippen LogP contribution in [0.5, 0.6) is 23.0 Å². The largest absolute Gasteiger partial charge is 0.508 e. The Morgan fingerprint density at radius 3 is 1.60 bits per heavy atom. The van der Waals surface area contributed by atoms with Crippen molar-refractivity contribution in [2.75, 3.05) is 13.2 Å². The van der Waals surface area contributed by atoms with E-state index in [9.17, 15) is 14.4 Å². The van der Waals surface area contributed by atoms with E-state index in [4.69, 9.17) is 19.7 Å². The van der Waals surface area contributed by atoms with Crippen molar-refractivity contribution in [2.45, 2.75) is 0 Å². The van der Waals surface area contributed by atoms with Crippen LogP contribution in [0.4, 0.5) is 0 Å². The lowest BCUT2D eigenvalue weighted by Crippen LogP contribution is -1.96. The van der Waals surface area contributed by atoms with Gasteiger partial charge in [-0.15, -0.1) is 0 Å². The molecule has 0 aliphatic heterocycles. The van der Waals surface area contributed by atoms with Crippen LogP contribution in [0.1, 0.15) is 10.4 Å². The maximum Gasteiger partial charge on any atom is 0.157 e. The van der Waals surface area contributed by atoms with E-state index in [1.807, 2.05) is 30.3 Å². The molecule has 0 aliphatic carbocycles. The smallest absolute Gasteiger partial charge is 0.157 e. The van der Waals surface area contributed by atoms with Crippen LogP contribution >= 0.6 is 0 Å². The van der Waals surface area contributed by atoms with Crippen molar-refractivity contribution >= 4 is 18.9 Å². The van der Waals surface area contributed by atoms with E-state index in [1.54, 1.807) is 30.3 Å². The van der Waals surface area contributed by atoms with Crippen LogP contribution in [0.3, 0.4) is 0 Å². The van der Waals surface area contributed by atoms with Crippen molar-refractivity contribution in [3.63, 3.8) is 0 Å². The van der Waals surface area contributed by atoms with Crippen LogP contribution in [-0.4, -0.2) is 42.3 Å². The molecule has 3 aromatic rings. The average Bonchev–Trinajstić information content (AvgIpc) is 2.79. The monoisotopic (exact) mass is 410 g/mol. The molecule has 0 radical (unpaired) electrons. The van der Waals surface area contributed by atoms with Gasteiger partial charge >= 0.3 is 0 Å². The molecule has 0 fully saturated rings. The predicted octanol–water partition coefficient (Wildman–Crippen LogP) is 3.44. The predicted molar refractivity (Wildman–Crippen MR) is 111 cm³/mol. The van der Waals surface area contributed by atoms with Crippen LogP contribution < -0.4 is 9.47 Å². The van der Waals surface area contributed by atoms with Gasteiger partial charge in [0.2, 0.25) is 0 Å². The Bertz CT molecular complexity index is 878. The lowest BCUT2D eigenvalue weighted by molar-refractivity contribution is -0.110. The summed E-state index contributed by atoms with van der Waals surface area (Å²) < 4.78 is 9.92. The molecule has 7 heteroatoms. The summed E-state index contributed by atoms with van der Waals surface area (Å²) >= 11 is 0. The third-order valence-corrected chi connectivity index (χ3v) is 3.28. The molecule has 7 nitrogen and oxygen atoms in total. The molecule has 0 aliphatic rings. The van der Waals surface area contributed by atoms with Gasteiger partial charge in [0.15, 0.2) is 18.9 Å². The summed E-state index contributed by atoms with van der Waals surface area (Å²) in [5.41, 5.74) is 0.331. The van der Waals surface area contributed by atoms with E-state index in [-0.39, 0.29) is 24.7 Å². The summed E-state index contributed by atoms with van der Waals surface area (Å²) in [6.45, 7) is 0.175. The number of aldehydes is 3. The van der Waals surface area contributed by atoms with Crippen LogP contribution in [0, 0.1) is 0 Å². The Morgan fingerprint density at radius 2 is 1.13 bits per heavy atom. The average molecular weight is 410 g/mol. The molecule has 0 amide bonds.